The van der Waals surface area contributed by atoms with Gasteiger partial charge in [-0.1, -0.05) is 0 Å². The van der Waals surface area contributed by atoms with Crippen LogP contribution < -0.4 is 39.3 Å². The Morgan fingerprint density at radius 2 is 0.827 bits per heavy atom. The van der Waals surface area contributed by atoms with Crippen molar-refractivity contribution in [1.82, 2.24) is 0 Å². The molecule has 14 heteroatoms. The Labute approximate surface area is 297 Å². The molecule has 0 aliphatic rings. The Kier molecular flexibility index (Phi) is 10.3. The minimum atomic E-state index is -0.801. The molecule has 5 aromatic rings. The van der Waals surface area contributed by atoms with Crippen LogP contribution >= 0.6 is 0 Å². The first-order valence-electron chi connectivity index (χ1n) is 16.2. The number of ether oxygens (including phenoxy) is 8. The smallest absolute Gasteiger partial charge is 0.308 e. The van der Waals surface area contributed by atoms with E-state index in [-0.39, 0.29) is 90.8 Å². The molecule has 0 aromatic heterocycles. The zero-order valence-corrected chi connectivity index (χ0v) is 30.4. The van der Waals surface area contributed by atoms with E-state index >= 15 is 0 Å². The van der Waals surface area contributed by atoms with E-state index in [0.717, 1.165) is 0 Å². The van der Waals surface area contributed by atoms with Gasteiger partial charge in [0.2, 0.25) is 10.9 Å². The van der Waals surface area contributed by atoms with Crippen molar-refractivity contribution in [2.45, 2.75) is 66.6 Å². The second kappa shape index (κ2) is 14.4. The van der Waals surface area contributed by atoms with E-state index in [1.54, 1.807) is 13.8 Å². The third-order valence-electron chi connectivity index (χ3n) is 8.60. The molecular formula is C38H38O14. The largest absolute Gasteiger partial charge is 0.496 e. The normalized spacial score (nSPS) is 12.5. The number of benzene rings is 5. The maximum Gasteiger partial charge on any atom is 0.308 e. The van der Waals surface area contributed by atoms with Crippen molar-refractivity contribution in [3.8, 4) is 34.5 Å². The number of fused-ring (bicyclic) bond motifs is 2. The van der Waals surface area contributed by atoms with E-state index in [2.05, 4.69) is 0 Å². The lowest BCUT2D eigenvalue weighted by Gasteiger charge is -2.26. The molecule has 5 aromatic carbocycles. The van der Waals surface area contributed by atoms with E-state index in [1.807, 2.05) is 0 Å². The quantitative estimate of drug-likeness (QED) is 0.0746. The first-order chi connectivity index (χ1) is 24.6. The molecule has 2 atom stereocenters. The average molecular weight is 719 g/mol. The first-order valence-corrected chi connectivity index (χ1v) is 16.2. The number of hydrogen-bond donors (Lipinski definition) is 0. The minimum Gasteiger partial charge on any atom is -0.496 e. The molecule has 0 bridgehead atoms. The van der Waals surface area contributed by atoms with E-state index in [4.69, 9.17) is 37.9 Å². The lowest BCUT2D eigenvalue weighted by atomic mass is 9.81. The van der Waals surface area contributed by atoms with Gasteiger partial charge in [0.05, 0.1) is 39.2 Å². The third kappa shape index (κ3) is 6.29. The van der Waals surface area contributed by atoms with E-state index in [0.29, 0.717) is 10.8 Å². The third-order valence-corrected chi connectivity index (χ3v) is 8.60. The van der Waals surface area contributed by atoms with Crippen molar-refractivity contribution in [2.75, 3.05) is 28.4 Å². The van der Waals surface area contributed by atoms with Crippen LogP contribution in [0.25, 0.3) is 43.1 Å². The lowest BCUT2D eigenvalue weighted by Crippen LogP contribution is -2.21. The van der Waals surface area contributed by atoms with Gasteiger partial charge in [-0.25, -0.2) is 0 Å². The lowest BCUT2D eigenvalue weighted by molar-refractivity contribution is -0.146. The van der Waals surface area contributed by atoms with Gasteiger partial charge in [-0.2, -0.15) is 0 Å². The molecule has 52 heavy (non-hydrogen) atoms. The summed E-state index contributed by atoms with van der Waals surface area (Å²) in [5.74, 6) is -2.90. The molecule has 0 radical (unpaired) electrons. The second-order valence-electron chi connectivity index (χ2n) is 12.3. The summed E-state index contributed by atoms with van der Waals surface area (Å²) in [6.45, 7) is 8.14. The molecule has 0 spiro atoms. The molecule has 14 nitrogen and oxygen atoms in total. The van der Waals surface area contributed by atoms with Crippen LogP contribution in [-0.2, 0) is 41.5 Å². The van der Waals surface area contributed by atoms with E-state index in [1.165, 1.54) is 68.3 Å². The van der Waals surface area contributed by atoms with Crippen molar-refractivity contribution in [3.63, 3.8) is 0 Å². The molecule has 0 N–H and O–H groups in total. The molecule has 0 aliphatic heterocycles. The van der Waals surface area contributed by atoms with Crippen molar-refractivity contribution >= 4 is 67.0 Å². The van der Waals surface area contributed by atoms with E-state index < -0.39 is 46.9 Å². The van der Waals surface area contributed by atoms with Crippen molar-refractivity contribution in [3.05, 3.63) is 43.7 Å². The molecule has 0 unspecified atom stereocenters. The van der Waals surface area contributed by atoms with Crippen molar-refractivity contribution in [1.29, 1.82) is 0 Å². The number of carbonyl (C=O) groups excluding carboxylic acids is 4. The molecule has 0 aliphatic carbocycles. The van der Waals surface area contributed by atoms with Gasteiger partial charge in [-0.05, 0) is 24.6 Å². The van der Waals surface area contributed by atoms with Gasteiger partial charge in [-0.15, -0.1) is 0 Å². The van der Waals surface area contributed by atoms with Crippen LogP contribution in [0.2, 0.25) is 0 Å². The van der Waals surface area contributed by atoms with Crippen LogP contribution in [0.4, 0.5) is 0 Å². The summed E-state index contributed by atoms with van der Waals surface area (Å²) < 4.78 is 45.6. The number of methoxy groups -OCH3 is 4. The highest BCUT2D eigenvalue weighted by Crippen LogP contribution is 2.54. The Morgan fingerprint density at radius 3 is 1.10 bits per heavy atom. The fourth-order valence-electron chi connectivity index (χ4n) is 7.14. The fraction of sp³-hybridized carbons (Fsp3) is 0.368. The molecule has 0 amide bonds. The number of hydrogen-bond acceptors (Lipinski definition) is 14. The van der Waals surface area contributed by atoms with Crippen molar-refractivity contribution in [2.24, 2.45) is 0 Å². The Hall–Kier alpha value is -5.92. The van der Waals surface area contributed by atoms with Gasteiger partial charge in [0, 0.05) is 85.3 Å². The van der Waals surface area contributed by atoms with Gasteiger partial charge < -0.3 is 37.9 Å². The summed E-state index contributed by atoms with van der Waals surface area (Å²) in [4.78, 5) is 78.3. The molecule has 0 saturated heterocycles. The SMILES string of the molecule is COc1c(C[C@H](C)OC(C)=O)c2c3c(C[C@H](C)OC(C)=O)c(OC)c(=O)c4c(OC(C)=O)cc(OC)c(c5c(OC)cc(OC(C)=O)c(c1=O)c52)c43. The standard InChI is InChI=1S/C38H38O14/c1-15(49-17(3)39)11-21-27-28-22(12-16(2)50-18(4)40)38(48-10)36(44)32-26(52-20(6)42)14-24(46-8)30(34(28)32)29-23(45-7)13-25(51-19(5)41)31(33(27)29)35(43)37(21)47-9/h13-16H,11-12H2,1-10H3/t15-,16-/m0/s1. The maximum absolute atomic E-state index is 14.6. The Morgan fingerprint density at radius 1 is 0.481 bits per heavy atom. The predicted molar refractivity (Wildman–Crippen MR) is 190 cm³/mol. The molecule has 274 valence electrons. The van der Waals surface area contributed by atoms with Crippen molar-refractivity contribution < 1.29 is 57.1 Å². The van der Waals surface area contributed by atoms with E-state index in [9.17, 15) is 28.8 Å². The molecule has 0 fully saturated rings. The Balaban J connectivity index is 2.30. The minimum absolute atomic E-state index is 0.0594. The monoisotopic (exact) mass is 718 g/mol. The molecule has 0 saturated carbocycles. The molecule has 5 rings (SSSR count). The number of carbonyl (C=O) groups is 4. The fourth-order valence-corrected chi connectivity index (χ4v) is 7.14. The highest BCUT2D eigenvalue weighted by molar-refractivity contribution is 6.38. The van der Waals surface area contributed by atoms with Gasteiger partial charge in [-0.3, -0.25) is 28.8 Å². The molecular weight excluding hydrogens is 680 g/mol. The van der Waals surface area contributed by atoms with Crippen LogP contribution in [0.1, 0.15) is 52.7 Å². The summed E-state index contributed by atoms with van der Waals surface area (Å²) >= 11 is 0. The average Bonchev–Trinajstić information content (AvgIpc) is 3.04. The maximum atomic E-state index is 14.6. The van der Waals surface area contributed by atoms with Gasteiger partial charge in [0.25, 0.3) is 0 Å². The van der Waals surface area contributed by atoms with Gasteiger partial charge >= 0.3 is 23.9 Å². The summed E-state index contributed by atoms with van der Waals surface area (Å²) in [6.07, 6.45) is -1.74. The van der Waals surface area contributed by atoms with Crippen LogP contribution in [0.3, 0.4) is 0 Å². The predicted octanol–water partition coefficient (Wildman–Crippen LogP) is 4.77. The number of esters is 4. The summed E-state index contributed by atoms with van der Waals surface area (Å²) in [5.41, 5.74) is -0.765. The van der Waals surface area contributed by atoms with Gasteiger partial charge in [0.1, 0.15) is 35.2 Å². The topological polar surface area (TPSA) is 176 Å². The van der Waals surface area contributed by atoms with Crippen LogP contribution in [0.15, 0.2) is 21.7 Å². The molecule has 0 heterocycles. The Bertz CT molecular complexity index is 2230. The highest BCUT2D eigenvalue weighted by atomic mass is 16.6. The van der Waals surface area contributed by atoms with Gasteiger partial charge in [0.15, 0.2) is 11.5 Å². The first kappa shape index (κ1) is 37.3. The zero-order chi connectivity index (χ0) is 38.3. The second-order valence-corrected chi connectivity index (χ2v) is 12.3. The summed E-state index contributed by atoms with van der Waals surface area (Å²) in [7, 11) is 5.35. The van der Waals surface area contributed by atoms with Crippen LogP contribution in [0.5, 0.6) is 34.5 Å². The summed E-state index contributed by atoms with van der Waals surface area (Å²) in [6, 6.07) is 2.76. The zero-order valence-electron chi connectivity index (χ0n) is 30.4. The number of rotatable bonds is 12. The van der Waals surface area contributed by atoms with Crippen LogP contribution in [0, 0.1) is 0 Å². The van der Waals surface area contributed by atoms with Crippen LogP contribution in [-0.4, -0.2) is 64.5 Å². The highest BCUT2D eigenvalue weighted by Gasteiger charge is 2.34. The summed E-state index contributed by atoms with van der Waals surface area (Å²) in [5, 5.41) is 1.56.